The first-order valence-corrected chi connectivity index (χ1v) is 6.83. The summed E-state index contributed by atoms with van der Waals surface area (Å²) in [6.45, 7) is 0.706. The zero-order valence-corrected chi connectivity index (χ0v) is 11.0. The number of hydrogen-bond acceptors (Lipinski definition) is 3. The Morgan fingerprint density at radius 3 is 2.84 bits per heavy atom. The molecule has 4 heteroatoms. The number of ether oxygens (including phenoxy) is 1. The topological polar surface area (TPSA) is 58.6 Å². The Kier molecular flexibility index (Phi) is 5.36. The van der Waals surface area contributed by atoms with Crippen LogP contribution in [0, 0.1) is 0 Å². The number of carbonyl (C=O) groups excluding carboxylic acids is 1. The second-order valence-electron chi connectivity index (χ2n) is 4.98. The lowest BCUT2D eigenvalue weighted by molar-refractivity contribution is -0.124. The fourth-order valence-corrected chi connectivity index (χ4v) is 2.36. The van der Waals surface area contributed by atoms with E-state index >= 15 is 0 Å². The van der Waals surface area contributed by atoms with Gasteiger partial charge in [-0.1, -0.05) is 30.3 Å². The van der Waals surface area contributed by atoms with Gasteiger partial charge < -0.3 is 15.2 Å². The molecule has 1 heterocycles. The molecule has 1 aliphatic heterocycles. The summed E-state index contributed by atoms with van der Waals surface area (Å²) in [6.07, 6.45) is 3.08. The SMILES string of the molecule is O=C(CC1CCCO1)NC(CO)Cc1ccccc1. The predicted molar refractivity (Wildman–Crippen MR) is 72.8 cm³/mol. The van der Waals surface area contributed by atoms with Gasteiger partial charge in [-0.15, -0.1) is 0 Å². The highest BCUT2D eigenvalue weighted by Crippen LogP contribution is 2.15. The third-order valence-corrected chi connectivity index (χ3v) is 3.35. The highest BCUT2D eigenvalue weighted by atomic mass is 16.5. The van der Waals surface area contributed by atoms with Gasteiger partial charge in [0.15, 0.2) is 0 Å². The van der Waals surface area contributed by atoms with Crippen molar-refractivity contribution in [1.82, 2.24) is 5.32 Å². The highest BCUT2D eigenvalue weighted by Gasteiger charge is 2.20. The Morgan fingerprint density at radius 2 is 2.21 bits per heavy atom. The maximum atomic E-state index is 11.9. The maximum Gasteiger partial charge on any atom is 0.222 e. The maximum absolute atomic E-state index is 11.9. The second kappa shape index (κ2) is 7.26. The minimum absolute atomic E-state index is 0.0399. The van der Waals surface area contributed by atoms with E-state index in [0.717, 1.165) is 25.0 Å². The van der Waals surface area contributed by atoms with Crippen LogP contribution in [0.2, 0.25) is 0 Å². The summed E-state index contributed by atoms with van der Waals surface area (Å²) >= 11 is 0. The molecule has 0 radical (unpaired) electrons. The van der Waals surface area contributed by atoms with Crippen molar-refractivity contribution in [3.63, 3.8) is 0 Å². The molecule has 0 saturated carbocycles. The monoisotopic (exact) mass is 263 g/mol. The van der Waals surface area contributed by atoms with Crippen LogP contribution in [0.4, 0.5) is 0 Å². The van der Waals surface area contributed by atoms with Gasteiger partial charge in [0.05, 0.1) is 25.2 Å². The molecule has 2 rings (SSSR count). The summed E-state index contributed by atoms with van der Waals surface area (Å²) in [7, 11) is 0. The zero-order valence-electron chi connectivity index (χ0n) is 11.0. The fourth-order valence-electron chi connectivity index (χ4n) is 2.36. The molecule has 1 saturated heterocycles. The van der Waals surface area contributed by atoms with E-state index in [2.05, 4.69) is 5.32 Å². The van der Waals surface area contributed by atoms with E-state index in [1.165, 1.54) is 0 Å². The average molecular weight is 263 g/mol. The molecule has 1 aromatic rings. The van der Waals surface area contributed by atoms with E-state index in [4.69, 9.17) is 4.74 Å². The second-order valence-corrected chi connectivity index (χ2v) is 4.98. The molecule has 2 unspecified atom stereocenters. The average Bonchev–Trinajstić information content (AvgIpc) is 2.92. The molecule has 0 bridgehead atoms. The van der Waals surface area contributed by atoms with Gasteiger partial charge in [0.2, 0.25) is 5.91 Å². The van der Waals surface area contributed by atoms with E-state index in [1.807, 2.05) is 30.3 Å². The summed E-state index contributed by atoms with van der Waals surface area (Å²) < 4.78 is 5.43. The Morgan fingerprint density at radius 1 is 1.42 bits per heavy atom. The molecule has 4 nitrogen and oxygen atoms in total. The van der Waals surface area contributed by atoms with Crippen molar-refractivity contribution < 1.29 is 14.6 Å². The van der Waals surface area contributed by atoms with E-state index < -0.39 is 0 Å². The van der Waals surface area contributed by atoms with Crippen LogP contribution in [0.25, 0.3) is 0 Å². The zero-order chi connectivity index (χ0) is 13.5. The van der Waals surface area contributed by atoms with Crippen LogP contribution in [0.1, 0.15) is 24.8 Å². The third-order valence-electron chi connectivity index (χ3n) is 3.35. The standard InChI is InChI=1S/C15H21NO3/c17-11-13(9-12-5-2-1-3-6-12)16-15(18)10-14-7-4-8-19-14/h1-3,5-6,13-14,17H,4,7-11H2,(H,16,18). The van der Waals surface area contributed by atoms with Gasteiger partial charge in [0, 0.05) is 6.61 Å². The van der Waals surface area contributed by atoms with Gasteiger partial charge >= 0.3 is 0 Å². The largest absolute Gasteiger partial charge is 0.394 e. The molecule has 1 fully saturated rings. The van der Waals surface area contributed by atoms with Gasteiger partial charge in [0.1, 0.15) is 0 Å². The molecule has 2 atom stereocenters. The van der Waals surface area contributed by atoms with Crippen LogP contribution in [-0.2, 0) is 16.0 Å². The first-order valence-electron chi connectivity index (χ1n) is 6.83. The molecule has 0 aliphatic carbocycles. The highest BCUT2D eigenvalue weighted by molar-refractivity contribution is 5.76. The first kappa shape index (κ1) is 14.0. The van der Waals surface area contributed by atoms with Gasteiger partial charge in [-0.05, 0) is 24.8 Å². The van der Waals surface area contributed by atoms with Crippen LogP contribution < -0.4 is 5.32 Å². The molecule has 104 valence electrons. The number of amides is 1. The van der Waals surface area contributed by atoms with Crippen molar-refractivity contribution in [2.24, 2.45) is 0 Å². The minimum atomic E-state index is -0.226. The summed E-state index contributed by atoms with van der Waals surface area (Å²) in [4.78, 5) is 11.9. The number of benzene rings is 1. The Hall–Kier alpha value is -1.39. The molecule has 1 aromatic carbocycles. The van der Waals surface area contributed by atoms with Gasteiger partial charge in [-0.3, -0.25) is 4.79 Å². The first-order chi connectivity index (χ1) is 9.28. The van der Waals surface area contributed by atoms with E-state index in [0.29, 0.717) is 12.8 Å². The molecular formula is C15H21NO3. The lowest BCUT2D eigenvalue weighted by Crippen LogP contribution is -2.40. The molecule has 1 amide bonds. The van der Waals surface area contributed by atoms with Crippen LogP contribution in [0.3, 0.4) is 0 Å². The lowest BCUT2D eigenvalue weighted by atomic mass is 10.1. The number of aliphatic hydroxyl groups excluding tert-OH is 1. The van der Waals surface area contributed by atoms with Crippen LogP contribution >= 0.6 is 0 Å². The predicted octanol–water partition coefficient (Wildman–Crippen LogP) is 1.28. The van der Waals surface area contributed by atoms with Crippen LogP contribution in [0.15, 0.2) is 30.3 Å². The summed E-state index contributed by atoms with van der Waals surface area (Å²) in [5.41, 5.74) is 1.11. The smallest absolute Gasteiger partial charge is 0.222 e. The van der Waals surface area contributed by atoms with E-state index in [1.54, 1.807) is 0 Å². The number of carbonyl (C=O) groups is 1. The molecule has 2 N–H and O–H groups in total. The number of nitrogens with one attached hydrogen (secondary N) is 1. The number of rotatable bonds is 6. The van der Waals surface area contributed by atoms with Crippen LogP contribution in [-0.4, -0.2) is 36.4 Å². The van der Waals surface area contributed by atoms with E-state index in [9.17, 15) is 9.90 Å². The molecule has 0 spiro atoms. The Balaban J connectivity index is 1.79. The quantitative estimate of drug-likeness (QED) is 0.812. The van der Waals surface area contributed by atoms with E-state index in [-0.39, 0.29) is 24.7 Å². The van der Waals surface area contributed by atoms with Crippen molar-refractivity contribution in [2.75, 3.05) is 13.2 Å². The summed E-state index contributed by atoms with van der Waals surface area (Å²) in [5, 5.41) is 12.2. The molecule has 1 aliphatic rings. The Bertz CT molecular complexity index is 388. The summed E-state index contributed by atoms with van der Waals surface area (Å²) in [5.74, 6) is -0.0399. The molecular weight excluding hydrogens is 242 g/mol. The van der Waals surface area contributed by atoms with Crippen molar-refractivity contribution >= 4 is 5.91 Å². The number of aliphatic hydroxyl groups is 1. The minimum Gasteiger partial charge on any atom is -0.394 e. The van der Waals surface area contributed by atoms with Crippen molar-refractivity contribution in [3.05, 3.63) is 35.9 Å². The van der Waals surface area contributed by atoms with Crippen molar-refractivity contribution in [2.45, 2.75) is 37.8 Å². The van der Waals surface area contributed by atoms with Gasteiger partial charge in [-0.25, -0.2) is 0 Å². The Labute approximate surface area is 113 Å². The molecule has 19 heavy (non-hydrogen) atoms. The summed E-state index contributed by atoms with van der Waals surface area (Å²) in [6, 6.07) is 9.63. The third kappa shape index (κ3) is 4.65. The van der Waals surface area contributed by atoms with Crippen molar-refractivity contribution in [3.8, 4) is 0 Å². The number of hydrogen-bond donors (Lipinski definition) is 2. The van der Waals surface area contributed by atoms with Gasteiger partial charge in [-0.2, -0.15) is 0 Å². The van der Waals surface area contributed by atoms with Crippen molar-refractivity contribution in [1.29, 1.82) is 0 Å². The fraction of sp³-hybridized carbons (Fsp3) is 0.533. The van der Waals surface area contributed by atoms with Gasteiger partial charge in [0.25, 0.3) is 0 Å². The van der Waals surface area contributed by atoms with Crippen LogP contribution in [0.5, 0.6) is 0 Å². The molecule has 0 aromatic heterocycles. The normalized spacial score (nSPS) is 20.2. The lowest BCUT2D eigenvalue weighted by Gasteiger charge is -2.17.